The number of amides is 1. The van der Waals surface area contributed by atoms with Gasteiger partial charge in [-0.05, 0) is 118 Å². The topological polar surface area (TPSA) is 40.5 Å². The Bertz CT molecular complexity index is 3000. The van der Waals surface area contributed by atoms with E-state index in [0.29, 0.717) is 33.4 Å². The van der Waals surface area contributed by atoms with Gasteiger partial charge in [-0.1, -0.05) is 72.8 Å². The highest BCUT2D eigenvalue weighted by Crippen LogP contribution is 2.42. The van der Waals surface area contributed by atoms with Crippen LogP contribution in [0.3, 0.4) is 0 Å². The van der Waals surface area contributed by atoms with Gasteiger partial charge in [0.2, 0.25) is 0 Å². The van der Waals surface area contributed by atoms with E-state index in [-0.39, 0.29) is 30.6 Å². The number of aryl methyl sites for hydroxylation is 2. The Balaban J connectivity index is 1.13. The van der Waals surface area contributed by atoms with Crippen molar-refractivity contribution in [2.24, 2.45) is 0 Å². The maximum atomic E-state index is 15.6. The Morgan fingerprint density at radius 2 is 1.06 bits per heavy atom. The monoisotopic (exact) mass is 885 g/mol. The van der Waals surface area contributed by atoms with E-state index in [4.69, 9.17) is 0 Å². The number of halogens is 8. The standard InChI is InChI=1S/C49H35F8NO2S2/c1-27-39-11-5-13-41(45(39)61-43(27)19-29-7-3-9-34(17-29)48(52,53)54)31-21-33(24-36(50)22-31)47(60)58(15-16-59)38-25-32(23-37(51)26-38)42-14-6-12-40-28(2)44(62-46(40)42)20-30-8-4-10-35(18-30)49(55,56)57/h3-14,17-18,21-26,59H,15-16,19-20H2,1-2H3. The zero-order valence-corrected chi connectivity index (χ0v) is 34.7. The first kappa shape index (κ1) is 42.8. The number of carbonyl (C=O) groups excluding carboxylic acids is 1. The van der Waals surface area contributed by atoms with Gasteiger partial charge in [-0.15, -0.1) is 22.7 Å². The lowest BCUT2D eigenvalue weighted by atomic mass is 9.98. The molecule has 8 aromatic rings. The van der Waals surface area contributed by atoms with Crippen LogP contribution in [0.4, 0.5) is 40.8 Å². The Morgan fingerprint density at radius 3 is 1.55 bits per heavy atom. The maximum absolute atomic E-state index is 15.6. The van der Waals surface area contributed by atoms with Gasteiger partial charge in [0.05, 0.1) is 17.7 Å². The number of rotatable bonds is 10. The minimum atomic E-state index is -4.49. The minimum absolute atomic E-state index is 0.0658. The van der Waals surface area contributed by atoms with Crippen molar-refractivity contribution >= 4 is 54.4 Å². The van der Waals surface area contributed by atoms with Gasteiger partial charge in [-0.2, -0.15) is 26.3 Å². The summed E-state index contributed by atoms with van der Waals surface area (Å²) in [6.07, 6.45) is -8.48. The van der Waals surface area contributed by atoms with Gasteiger partial charge in [0.25, 0.3) is 5.91 Å². The maximum Gasteiger partial charge on any atom is 0.416 e. The van der Waals surface area contributed by atoms with Crippen molar-refractivity contribution < 1.29 is 45.0 Å². The SMILES string of the molecule is Cc1c(Cc2cccc(C(F)(F)F)c2)sc2c(-c3cc(F)cc(C(=O)N(CCO)c4cc(F)cc(-c5cccc6c(C)c(Cc7cccc(C(F)(F)F)c7)sc56)c4)c3)cccc12. The van der Waals surface area contributed by atoms with Gasteiger partial charge in [0.1, 0.15) is 11.6 Å². The third kappa shape index (κ3) is 8.61. The van der Waals surface area contributed by atoms with E-state index in [1.165, 1.54) is 57.9 Å². The molecule has 8 rings (SSSR count). The average molecular weight is 886 g/mol. The average Bonchev–Trinajstić information content (AvgIpc) is 3.72. The first-order chi connectivity index (χ1) is 29.5. The molecule has 0 fully saturated rings. The zero-order valence-electron chi connectivity index (χ0n) is 33.0. The minimum Gasteiger partial charge on any atom is -0.395 e. The van der Waals surface area contributed by atoms with Crippen LogP contribution in [0.5, 0.6) is 0 Å². The Morgan fingerprint density at radius 1 is 0.597 bits per heavy atom. The molecule has 0 saturated carbocycles. The van der Waals surface area contributed by atoms with Gasteiger partial charge in [0.15, 0.2) is 0 Å². The number of hydrogen-bond donors (Lipinski definition) is 1. The van der Waals surface area contributed by atoms with Crippen molar-refractivity contribution in [3.8, 4) is 22.3 Å². The van der Waals surface area contributed by atoms with E-state index in [1.807, 2.05) is 26.0 Å². The summed E-state index contributed by atoms with van der Waals surface area (Å²) in [6.45, 7) is 3.01. The molecule has 0 bridgehead atoms. The van der Waals surface area contributed by atoms with E-state index in [0.717, 1.165) is 77.5 Å². The Labute approximate surface area is 359 Å². The molecule has 0 radical (unpaired) electrons. The van der Waals surface area contributed by atoms with Crippen molar-refractivity contribution in [3.05, 3.63) is 182 Å². The number of nitrogens with zero attached hydrogens (tertiary/aromatic N) is 1. The molecule has 0 saturated heterocycles. The summed E-state index contributed by atoms with van der Waals surface area (Å²) in [6, 6.07) is 29.2. The fourth-order valence-electron chi connectivity index (χ4n) is 7.82. The van der Waals surface area contributed by atoms with Gasteiger partial charge in [-0.3, -0.25) is 4.79 Å². The molecule has 3 nitrogen and oxygen atoms in total. The van der Waals surface area contributed by atoms with Crippen LogP contribution in [-0.4, -0.2) is 24.2 Å². The quantitative estimate of drug-likeness (QED) is 0.139. The first-order valence-electron chi connectivity index (χ1n) is 19.4. The molecule has 0 atom stereocenters. The van der Waals surface area contributed by atoms with Crippen LogP contribution in [0.25, 0.3) is 42.4 Å². The second kappa shape index (κ2) is 16.8. The third-order valence-corrected chi connectivity index (χ3v) is 13.6. The Hall–Kier alpha value is -5.89. The number of carbonyl (C=O) groups is 1. The van der Waals surface area contributed by atoms with Crippen molar-refractivity contribution in [1.29, 1.82) is 0 Å². The third-order valence-electron chi connectivity index (χ3n) is 10.9. The molecule has 0 unspecified atom stereocenters. The summed E-state index contributed by atoms with van der Waals surface area (Å²) in [5, 5.41) is 11.8. The van der Waals surface area contributed by atoms with Crippen LogP contribution < -0.4 is 4.90 Å². The summed E-state index contributed by atoms with van der Waals surface area (Å²) >= 11 is 2.76. The lowest BCUT2D eigenvalue weighted by molar-refractivity contribution is -0.138. The van der Waals surface area contributed by atoms with Crippen LogP contribution in [0.15, 0.2) is 121 Å². The molecule has 0 spiro atoms. The number of anilines is 1. The number of aliphatic hydroxyl groups excluding tert-OH is 1. The molecule has 13 heteroatoms. The summed E-state index contributed by atoms with van der Waals surface area (Å²) in [5.41, 5.74) is 3.29. The van der Waals surface area contributed by atoms with E-state index >= 15 is 8.78 Å². The lowest BCUT2D eigenvalue weighted by Crippen LogP contribution is -2.33. The summed E-state index contributed by atoms with van der Waals surface area (Å²) in [7, 11) is 0. The van der Waals surface area contributed by atoms with Gasteiger partial charge in [-0.25, -0.2) is 8.78 Å². The normalized spacial score (nSPS) is 12.1. The molecular formula is C49H35F8NO2S2. The second-order valence-corrected chi connectivity index (χ2v) is 17.2. The van der Waals surface area contributed by atoms with E-state index in [2.05, 4.69) is 0 Å². The molecule has 316 valence electrons. The van der Waals surface area contributed by atoms with Crippen LogP contribution in [-0.2, 0) is 25.2 Å². The van der Waals surface area contributed by atoms with Gasteiger partial charge >= 0.3 is 12.4 Å². The smallest absolute Gasteiger partial charge is 0.395 e. The van der Waals surface area contributed by atoms with Crippen LogP contribution >= 0.6 is 22.7 Å². The van der Waals surface area contributed by atoms with Crippen molar-refractivity contribution in [1.82, 2.24) is 0 Å². The molecule has 62 heavy (non-hydrogen) atoms. The van der Waals surface area contributed by atoms with Crippen LogP contribution in [0.2, 0.25) is 0 Å². The predicted molar refractivity (Wildman–Crippen MR) is 231 cm³/mol. The highest BCUT2D eigenvalue weighted by molar-refractivity contribution is 7.20. The molecule has 0 aliphatic carbocycles. The molecule has 1 N–H and O–H groups in total. The summed E-state index contributed by atoms with van der Waals surface area (Å²) < 4.78 is 113. The van der Waals surface area contributed by atoms with Crippen molar-refractivity contribution in [3.63, 3.8) is 0 Å². The highest BCUT2D eigenvalue weighted by atomic mass is 32.1. The fourth-order valence-corrected chi connectivity index (χ4v) is 10.6. The van der Waals surface area contributed by atoms with E-state index in [1.54, 1.807) is 42.5 Å². The molecular weight excluding hydrogens is 851 g/mol. The highest BCUT2D eigenvalue weighted by Gasteiger charge is 2.31. The number of hydrogen-bond acceptors (Lipinski definition) is 4. The fraction of sp³-hybridized carbons (Fsp3) is 0.163. The molecule has 6 aromatic carbocycles. The second-order valence-electron chi connectivity index (χ2n) is 15.0. The summed E-state index contributed by atoms with van der Waals surface area (Å²) in [4.78, 5) is 17.2. The van der Waals surface area contributed by atoms with E-state index in [9.17, 15) is 36.2 Å². The van der Waals surface area contributed by atoms with Gasteiger partial charge < -0.3 is 10.0 Å². The summed E-state index contributed by atoms with van der Waals surface area (Å²) in [5.74, 6) is -2.10. The predicted octanol–water partition coefficient (Wildman–Crippen LogP) is 14.2. The number of aliphatic hydroxyl groups is 1. The first-order valence-corrected chi connectivity index (χ1v) is 21.0. The Kier molecular flexibility index (Phi) is 11.6. The van der Waals surface area contributed by atoms with Gasteiger partial charge in [0, 0.05) is 49.8 Å². The molecule has 2 aromatic heterocycles. The van der Waals surface area contributed by atoms with Crippen LogP contribution in [0.1, 0.15) is 53.5 Å². The van der Waals surface area contributed by atoms with Crippen molar-refractivity contribution in [2.45, 2.75) is 39.0 Å². The van der Waals surface area contributed by atoms with Crippen molar-refractivity contribution in [2.75, 3.05) is 18.1 Å². The largest absolute Gasteiger partial charge is 0.416 e. The zero-order chi connectivity index (χ0) is 44.1. The molecule has 0 aliphatic rings. The number of benzene rings is 6. The number of thiophene rings is 2. The molecule has 1 amide bonds. The van der Waals surface area contributed by atoms with Crippen LogP contribution in [0, 0.1) is 25.5 Å². The number of fused-ring (bicyclic) bond motifs is 2. The number of alkyl halides is 6. The lowest BCUT2D eigenvalue weighted by Gasteiger charge is -2.23. The molecule has 2 heterocycles. The molecule has 0 aliphatic heterocycles. The van der Waals surface area contributed by atoms with E-state index < -0.39 is 47.6 Å².